The van der Waals surface area contributed by atoms with Crippen LogP contribution in [0.4, 0.5) is 5.82 Å². The van der Waals surface area contributed by atoms with Gasteiger partial charge in [0.2, 0.25) is 0 Å². The molecule has 2 rings (SSSR count). The summed E-state index contributed by atoms with van der Waals surface area (Å²) >= 11 is 15.5. The molecule has 0 bridgehead atoms. The largest absolute Gasteiger partial charge is 0.495 e. The maximum Gasteiger partial charge on any atom is 0.160 e. The first-order chi connectivity index (χ1) is 8.04. The molecular weight excluding hydrogens is 329 g/mol. The van der Waals surface area contributed by atoms with Gasteiger partial charge in [-0.25, -0.2) is 0 Å². The Morgan fingerprint density at radius 3 is 2.59 bits per heavy atom. The lowest BCUT2D eigenvalue weighted by Crippen LogP contribution is -1.88. The number of nitrogens with one attached hydrogen (secondary N) is 1. The molecule has 0 aliphatic carbocycles. The van der Waals surface area contributed by atoms with E-state index in [2.05, 4.69) is 26.1 Å². The molecule has 1 aromatic heterocycles. The van der Waals surface area contributed by atoms with Gasteiger partial charge >= 0.3 is 0 Å². The summed E-state index contributed by atoms with van der Waals surface area (Å²) in [7, 11) is 1.53. The van der Waals surface area contributed by atoms with Gasteiger partial charge < -0.3 is 10.5 Å². The minimum Gasteiger partial charge on any atom is -0.495 e. The van der Waals surface area contributed by atoms with Gasteiger partial charge in [-0.2, -0.15) is 5.10 Å². The van der Waals surface area contributed by atoms with Crippen LogP contribution >= 0.6 is 39.1 Å². The van der Waals surface area contributed by atoms with Crippen molar-refractivity contribution in [1.82, 2.24) is 10.2 Å². The first kappa shape index (κ1) is 12.5. The Hall–Kier alpha value is -0.910. The lowest BCUT2D eigenvalue weighted by molar-refractivity contribution is 0.415. The highest BCUT2D eigenvalue weighted by atomic mass is 79.9. The zero-order chi connectivity index (χ0) is 12.6. The number of rotatable bonds is 2. The molecule has 0 spiro atoms. The van der Waals surface area contributed by atoms with E-state index in [0.717, 1.165) is 0 Å². The molecular formula is C10H8BrCl2N3O. The van der Waals surface area contributed by atoms with Gasteiger partial charge in [-0.15, -0.1) is 0 Å². The number of nitrogen functional groups attached to an aromatic ring is 1. The van der Waals surface area contributed by atoms with Crippen molar-refractivity contribution < 1.29 is 4.74 Å². The third-order valence-corrected chi connectivity index (χ3v) is 3.65. The average Bonchev–Trinajstić information content (AvgIpc) is 2.63. The number of ether oxygens (including phenoxy) is 1. The molecule has 4 nitrogen and oxygen atoms in total. The molecule has 0 amide bonds. The molecule has 7 heteroatoms. The summed E-state index contributed by atoms with van der Waals surface area (Å²) in [6.07, 6.45) is 0. The number of hydrogen-bond acceptors (Lipinski definition) is 3. The Labute approximate surface area is 116 Å². The van der Waals surface area contributed by atoms with Crippen molar-refractivity contribution in [2.45, 2.75) is 0 Å². The number of aromatic nitrogens is 2. The lowest BCUT2D eigenvalue weighted by atomic mass is 10.1. The van der Waals surface area contributed by atoms with E-state index in [1.807, 2.05) is 0 Å². The van der Waals surface area contributed by atoms with Crippen molar-refractivity contribution in [3.63, 3.8) is 0 Å². The van der Waals surface area contributed by atoms with Gasteiger partial charge in [-0.05, 0) is 22.0 Å². The summed E-state index contributed by atoms with van der Waals surface area (Å²) in [6, 6.07) is 3.34. The third kappa shape index (κ3) is 2.22. The van der Waals surface area contributed by atoms with Crippen molar-refractivity contribution in [2.24, 2.45) is 0 Å². The normalized spacial score (nSPS) is 10.6. The Morgan fingerprint density at radius 1 is 1.35 bits per heavy atom. The van der Waals surface area contributed by atoms with Crippen LogP contribution in [0.3, 0.4) is 0 Å². The van der Waals surface area contributed by atoms with Crippen LogP contribution < -0.4 is 10.5 Å². The SMILES string of the molecule is COc1cc(Cl)c(-c2[nH]nc(N)c2Br)cc1Cl. The topological polar surface area (TPSA) is 63.9 Å². The monoisotopic (exact) mass is 335 g/mol. The smallest absolute Gasteiger partial charge is 0.160 e. The predicted molar refractivity (Wildman–Crippen MR) is 72.7 cm³/mol. The van der Waals surface area contributed by atoms with E-state index in [-0.39, 0.29) is 0 Å². The minimum atomic E-state index is 0.364. The summed E-state index contributed by atoms with van der Waals surface area (Å²) in [6.45, 7) is 0. The van der Waals surface area contributed by atoms with Gasteiger partial charge in [0.15, 0.2) is 5.82 Å². The molecule has 1 aromatic carbocycles. The summed E-state index contributed by atoms with van der Waals surface area (Å²) in [5.41, 5.74) is 7.01. The van der Waals surface area contributed by atoms with Crippen molar-refractivity contribution in [2.75, 3.05) is 12.8 Å². The second-order valence-electron chi connectivity index (χ2n) is 3.26. The Balaban J connectivity index is 2.60. The zero-order valence-electron chi connectivity index (χ0n) is 8.72. The van der Waals surface area contributed by atoms with E-state index in [9.17, 15) is 0 Å². The van der Waals surface area contributed by atoms with Gasteiger partial charge in [0.1, 0.15) is 5.75 Å². The maximum atomic E-state index is 6.15. The minimum absolute atomic E-state index is 0.364. The molecule has 2 aromatic rings. The van der Waals surface area contributed by atoms with Crippen LogP contribution in [0, 0.1) is 0 Å². The maximum absolute atomic E-state index is 6.15. The second-order valence-corrected chi connectivity index (χ2v) is 4.87. The number of nitrogens with two attached hydrogens (primary N) is 1. The van der Waals surface area contributed by atoms with Crippen LogP contribution in [0.2, 0.25) is 10.0 Å². The van der Waals surface area contributed by atoms with Crippen LogP contribution in [0.1, 0.15) is 0 Å². The molecule has 0 atom stereocenters. The first-order valence-electron chi connectivity index (χ1n) is 4.57. The number of benzene rings is 1. The first-order valence-corrected chi connectivity index (χ1v) is 6.12. The Morgan fingerprint density at radius 2 is 2.06 bits per heavy atom. The van der Waals surface area contributed by atoms with E-state index in [4.69, 9.17) is 33.7 Å². The van der Waals surface area contributed by atoms with Crippen LogP contribution in [0.5, 0.6) is 5.75 Å². The molecule has 0 saturated heterocycles. The number of nitrogens with zero attached hydrogens (tertiary/aromatic N) is 1. The summed E-state index contributed by atoms with van der Waals surface area (Å²) in [4.78, 5) is 0. The molecule has 17 heavy (non-hydrogen) atoms. The van der Waals surface area contributed by atoms with Crippen molar-refractivity contribution in [3.8, 4) is 17.0 Å². The van der Waals surface area contributed by atoms with Gasteiger partial charge in [-0.1, -0.05) is 23.2 Å². The van der Waals surface area contributed by atoms with E-state index in [0.29, 0.717) is 37.3 Å². The summed E-state index contributed by atoms with van der Waals surface area (Å²) in [5, 5.41) is 7.63. The molecule has 0 saturated carbocycles. The van der Waals surface area contributed by atoms with Gasteiger partial charge in [0, 0.05) is 11.6 Å². The highest BCUT2D eigenvalue weighted by Crippen LogP contribution is 2.39. The summed E-state index contributed by atoms with van der Waals surface area (Å²) < 4.78 is 5.73. The van der Waals surface area contributed by atoms with Gasteiger partial charge in [0.25, 0.3) is 0 Å². The standard InChI is InChI=1S/C10H8BrCl2N3O/c1-17-7-3-5(12)4(2-6(7)13)9-8(11)10(14)16-15-9/h2-3H,1H3,(H3,14,15,16). The molecule has 3 N–H and O–H groups in total. The molecule has 0 aliphatic rings. The highest BCUT2D eigenvalue weighted by molar-refractivity contribution is 9.10. The fourth-order valence-electron chi connectivity index (χ4n) is 1.40. The van der Waals surface area contributed by atoms with E-state index in [1.54, 1.807) is 12.1 Å². The van der Waals surface area contributed by atoms with E-state index >= 15 is 0 Å². The van der Waals surface area contributed by atoms with E-state index < -0.39 is 0 Å². The van der Waals surface area contributed by atoms with Crippen LogP contribution in [-0.4, -0.2) is 17.3 Å². The fourth-order valence-corrected chi connectivity index (χ4v) is 2.28. The number of H-pyrrole nitrogens is 1. The molecule has 0 unspecified atom stereocenters. The molecule has 0 radical (unpaired) electrons. The van der Waals surface area contributed by atoms with Crippen LogP contribution in [0.15, 0.2) is 16.6 Å². The van der Waals surface area contributed by atoms with Crippen LogP contribution in [-0.2, 0) is 0 Å². The lowest BCUT2D eigenvalue weighted by Gasteiger charge is -2.07. The van der Waals surface area contributed by atoms with Crippen LogP contribution in [0.25, 0.3) is 11.3 Å². The second kappa shape index (κ2) is 4.76. The summed E-state index contributed by atoms with van der Waals surface area (Å²) in [5.74, 6) is 0.882. The fraction of sp³-hybridized carbons (Fsp3) is 0.100. The number of anilines is 1. The van der Waals surface area contributed by atoms with E-state index in [1.165, 1.54) is 7.11 Å². The number of hydrogen-bond donors (Lipinski definition) is 2. The zero-order valence-corrected chi connectivity index (χ0v) is 11.8. The highest BCUT2D eigenvalue weighted by Gasteiger charge is 2.15. The molecule has 90 valence electrons. The number of halogens is 3. The number of methoxy groups -OCH3 is 1. The molecule has 0 aliphatic heterocycles. The van der Waals surface area contributed by atoms with Crippen molar-refractivity contribution in [1.29, 1.82) is 0 Å². The Kier molecular flexibility index (Phi) is 3.51. The number of aromatic amines is 1. The molecule has 1 heterocycles. The van der Waals surface area contributed by atoms with Crippen molar-refractivity contribution >= 4 is 44.9 Å². The third-order valence-electron chi connectivity index (χ3n) is 2.24. The Bertz CT molecular complexity index is 571. The predicted octanol–water partition coefficient (Wildman–Crippen LogP) is 3.74. The van der Waals surface area contributed by atoms with Crippen molar-refractivity contribution in [3.05, 3.63) is 26.7 Å². The average molecular weight is 337 g/mol. The quantitative estimate of drug-likeness (QED) is 0.878. The van der Waals surface area contributed by atoms with Gasteiger partial charge in [0.05, 0.1) is 27.3 Å². The van der Waals surface area contributed by atoms with Gasteiger partial charge in [-0.3, -0.25) is 5.10 Å². The molecule has 0 fully saturated rings.